The Morgan fingerprint density at radius 2 is 1.82 bits per heavy atom. The minimum Gasteiger partial charge on any atom is -0.493 e. The number of pyridine rings is 1. The van der Waals surface area contributed by atoms with E-state index in [2.05, 4.69) is 37.0 Å². The number of nitrogens with zero attached hydrogens (tertiary/aromatic N) is 1. The summed E-state index contributed by atoms with van der Waals surface area (Å²) in [7, 11) is 1.59. The van der Waals surface area contributed by atoms with E-state index in [4.69, 9.17) is 10.5 Å². The molecule has 0 atom stereocenters. The molecule has 3 nitrogen and oxygen atoms in total. The molecular formula is C14H16N2O. The number of anilines is 1. The van der Waals surface area contributed by atoms with Crippen LogP contribution in [-0.2, 0) is 0 Å². The number of ether oxygens (including phenoxy) is 1. The van der Waals surface area contributed by atoms with Crippen molar-refractivity contribution in [1.82, 2.24) is 4.98 Å². The molecule has 1 aromatic heterocycles. The first kappa shape index (κ1) is 11.5. The van der Waals surface area contributed by atoms with Crippen LogP contribution in [0.5, 0.6) is 5.75 Å². The number of aromatic nitrogens is 1. The minimum atomic E-state index is 0.420. The average molecular weight is 228 g/mol. The van der Waals surface area contributed by atoms with Crippen LogP contribution in [0, 0.1) is 13.8 Å². The maximum atomic E-state index is 5.80. The Labute approximate surface area is 101 Å². The summed E-state index contributed by atoms with van der Waals surface area (Å²) < 4.78 is 5.09. The monoisotopic (exact) mass is 228 g/mol. The first-order chi connectivity index (χ1) is 8.11. The Kier molecular flexibility index (Phi) is 3.00. The predicted molar refractivity (Wildman–Crippen MR) is 70.1 cm³/mol. The molecule has 2 aromatic rings. The summed E-state index contributed by atoms with van der Waals surface area (Å²) >= 11 is 0. The summed E-state index contributed by atoms with van der Waals surface area (Å²) in [5, 5.41) is 0. The fourth-order valence-electron chi connectivity index (χ4n) is 1.70. The smallest absolute Gasteiger partial charge is 0.166 e. The number of hydrogen-bond donors (Lipinski definition) is 1. The van der Waals surface area contributed by atoms with Gasteiger partial charge in [0.25, 0.3) is 0 Å². The number of nitrogen functional groups attached to an aromatic ring is 1. The fourth-order valence-corrected chi connectivity index (χ4v) is 1.70. The van der Waals surface area contributed by atoms with Crippen LogP contribution in [0.1, 0.15) is 11.1 Å². The molecule has 0 unspecified atom stereocenters. The van der Waals surface area contributed by atoms with Crippen LogP contribution >= 0.6 is 0 Å². The van der Waals surface area contributed by atoms with Crippen LogP contribution in [0.2, 0.25) is 0 Å². The molecule has 17 heavy (non-hydrogen) atoms. The van der Waals surface area contributed by atoms with Crippen LogP contribution in [0.4, 0.5) is 5.82 Å². The predicted octanol–water partition coefficient (Wildman–Crippen LogP) is 2.96. The molecular weight excluding hydrogens is 212 g/mol. The van der Waals surface area contributed by atoms with E-state index in [0.29, 0.717) is 11.6 Å². The van der Waals surface area contributed by atoms with Gasteiger partial charge >= 0.3 is 0 Å². The normalized spacial score (nSPS) is 10.3. The summed E-state index contributed by atoms with van der Waals surface area (Å²) in [6, 6.07) is 10.0. The van der Waals surface area contributed by atoms with Crippen molar-refractivity contribution in [2.24, 2.45) is 0 Å². The second kappa shape index (κ2) is 4.45. The standard InChI is InChI=1S/C14H16N2O/c1-9-4-5-11(8-10(9)2)12-6-7-13(17-3)14(15)16-12/h4-8H,1-3H3,(H2,15,16). The van der Waals surface area contributed by atoms with Gasteiger partial charge in [0.05, 0.1) is 12.8 Å². The van der Waals surface area contributed by atoms with Gasteiger partial charge < -0.3 is 10.5 Å². The number of hydrogen-bond acceptors (Lipinski definition) is 3. The molecule has 0 bridgehead atoms. The Hall–Kier alpha value is -2.03. The fraction of sp³-hybridized carbons (Fsp3) is 0.214. The second-order valence-electron chi connectivity index (χ2n) is 4.08. The van der Waals surface area contributed by atoms with Gasteiger partial charge in [-0.15, -0.1) is 0 Å². The maximum Gasteiger partial charge on any atom is 0.166 e. The Morgan fingerprint density at radius 3 is 2.41 bits per heavy atom. The number of rotatable bonds is 2. The molecule has 0 aliphatic carbocycles. The molecule has 0 radical (unpaired) electrons. The van der Waals surface area contributed by atoms with Gasteiger partial charge in [0.1, 0.15) is 0 Å². The highest BCUT2D eigenvalue weighted by Crippen LogP contribution is 2.25. The third-order valence-electron chi connectivity index (χ3n) is 2.91. The molecule has 0 fully saturated rings. The van der Waals surface area contributed by atoms with Crippen molar-refractivity contribution in [3.8, 4) is 17.0 Å². The maximum absolute atomic E-state index is 5.80. The highest BCUT2D eigenvalue weighted by Gasteiger charge is 2.05. The highest BCUT2D eigenvalue weighted by atomic mass is 16.5. The van der Waals surface area contributed by atoms with E-state index < -0.39 is 0 Å². The second-order valence-corrected chi connectivity index (χ2v) is 4.08. The van der Waals surface area contributed by atoms with Gasteiger partial charge in [-0.3, -0.25) is 0 Å². The first-order valence-corrected chi connectivity index (χ1v) is 5.50. The zero-order chi connectivity index (χ0) is 12.4. The van der Waals surface area contributed by atoms with Gasteiger partial charge in [-0.1, -0.05) is 12.1 Å². The lowest BCUT2D eigenvalue weighted by Crippen LogP contribution is -1.97. The zero-order valence-electron chi connectivity index (χ0n) is 10.3. The van der Waals surface area contributed by atoms with Gasteiger partial charge in [-0.05, 0) is 43.2 Å². The molecule has 0 aliphatic heterocycles. The van der Waals surface area contributed by atoms with Gasteiger partial charge in [0.2, 0.25) is 0 Å². The number of aryl methyl sites for hydroxylation is 2. The van der Waals surface area contributed by atoms with Crippen molar-refractivity contribution in [3.63, 3.8) is 0 Å². The van der Waals surface area contributed by atoms with E-state index in [1.165, 1.54) is 11.1 Å². The topological polar surface area (TPSA) is 48.1 Å². The van der Waals surface area contributed by atoms with Crippen molar-refractivity contribution >= 4 is 5.82 Å². The molecule has 88 valence electrons. The van der Waals surface area contributed by atoms with Gasteiger partial charge in [-0.2, -0.15) is 0 Å². The van der Waals surface area contributed by atoms with E-state index >= 15 is 0 Å². The van der Waals surface area contributed by atoms with Crippen LogP contribution < -0.4 is 10.5 Å². The number of methoxy groups -OCH3 is 1. The van der Waals surface area contributed by atoms with E-state index in [0.717, 1.165) is 11.3 Å². The molecule has 0 aliphatic rings. The molecule has 1 aromatic carbocycles. The molecule has 2 N–H and O–H groups in total. The lowest BCUT2D eigenvalue weighted by molar-refractivity contribution is 0.415. The van der Waals surface area contributed by atoms with E-state index in [-0.39, 0.29) is 0 Å². The van der Waals surface area contributed by atoms with Crippen molar-refractivity contribution in [3.05, 3.63) is 41.5 Å². The van der Waals surface area contributed by atoms with Gasteiger partial charge in [0.15, 0.2) is 11.6 Å². The lowest BCUT2D eigenvalue weighted by atomic mass is 10.0. The average Bonchev–Trinajstić information content (AvgIpc) is 2.32. The molecule has 2 rings (SSSR count). The third kappa shape index (κ3) is 2.23. The molecule has 0 saturated carbocycles. The van der Waals surface area contributed by atoms with Crippen LogP contribution in [-0.4, -0.2) is 12.1 Å². The molecule has 0 spiro atoms. The Bertz CT molecular complexity index is 550. The Balaban J connectivity index is 2.46. The summed E-state index contributed by atoms with van der Waals surface area (Å²) in [5.41, 5.74) is 10.3. The first-order valence-electron chi connectivity index (χ1n) is 5.50. The van der Waals surface area contributed by atoms with Crippen molar-refractivity contribution in [1.29, 1.82) is 0 Å². The molecule has 3 heteroatoms. The summed E-state index contributed by atoms with van der Waals surface area (Å²) in [4.78, 5) is 4.34. The summed E-state index contributed by atoms with van der Waals surface area (Å²) in [5.74, 6) is 1.03. The molecule has 0 saturated heterocycles. The van der Waals surface area contributed by atoms with Crippen LogP contribution in [0.3, 0.4) is 0 Å². The largest absolute Gasteiger partial charge is 0.493 e. The van der Waals surface area contributed by atoms with E-state index in [1.807, 2.05) is 12.1 Å². The summed E-state index contributed by atoms with van der Waals surface area (Å²) in [6.45, 7) is 4.18. The van der Waals surface area contributed by atoms with Crippen LogP contribution in [0.15, 0.2) is 30.3 Å². The SMILES string of the molecule is COc1ccc(-c2ccc(C)c(C)c2)nc1N. The van der Waals surface area contributed by atoms with Crippen molar-refractivity contribution in [2.75, 3.05) is 12.8 Å². The molecule has 1 heterocycles. The van der Waals surface area contributed by atoms with Crippen molar-refractivity contribution in [2.45, 2.75) is 13.8 Å². The zero-order valence-corrected chi connectivity index (χ0v) is 10.3. The van der Waals surface area contributed by atoms with Crippen molar-refractivity contribution < 1.29 is 4.74 Å². The van der Waals surface area contributed by atoms with Crippen LogP contribution in [0.25, 0.3) is 11.3 Å². The Morgan fingerprint density at radius 1 is 1.06 bits per heavy atom. The minimum absolute atomic E-state index is 0.420. The van der Waals surface area contributed by atoms with Gasteiger partial charge in [-0.25, -0.2) is 4.98 Å². The lowest BCUT2D eigenvalue weighted by Gasteiger charge is -2.08. The quantitative estimate of drug-likeness (QED) is 0.859. The number of nitrogens with two attached hydrogens (primary N) is 1. The number of benzene rings is 1. The van der Waals surface area contributed by atoms with Gasteiger partial charge in [0, 0.05) is 5.56 Å². The third-order valence-corrected chi connectivity index (χ3v) is 2.91. The van der Waals surface area contributed by atoms with E-state index in [9.17, 15) is 0 Å². The van der Waals surface area contributed by atoms with E-state index in [1.54, 1.807) is 7.11 Å². The molecule has 0 amide bonds. The highest BCUT2D eigenvalue weighted by molar-refractivity contribution is 5.64. The summed E-state index contributed by atoms with van der Waals surface area (Å²) in [6.07, 6.45) is 0.